The van der Waals surface area contributed by atoms with Crippen molar-refractivity contribution in [3.63, 3.8) is 0 Å². The molecule has 0 aliphatic heterocycles. The number of anilines is 1. The molecule has 0 saturated heterocycles. The van der Waals surface area contributed by atoms with Crippen LogP contribution in [-0.4, -0.2) is 33.1 Å². The van der Waals surface area contributed by atoms with Crippen LogP contribution in [0, 0.1) is 0 Å². The molecule has 0 radical (unpaired) electrons. The van der Waals surface area contributed by atoms with Crippen LogP contribution in [0.15, 0.2) is 59.2 Å². The first-order valence-electron chi connectivity index (χ1n) is 9.07. The number of amides is 2. The van der Waals surface area contributed by atoms with Gasteiger partial charge in [-0.15, -0.1) is 0 Å². The number of ether oxygens (including phenoxy) is 3. The summed E-state index contributed by atoms with van der Waals surface area (Å²) in [6.07, 6.45) is 1.43. The molecule has 0 unspecified atom stereocenters. The van der Waals surface area contributed by atoms with E-state index in [2.05, 4.69) is 10.6 Å². The summed E-state index contributed by atoms with van der Waals surface area (Å²) >= 11 is 0. The molecule has 1 aromatic heterocycles. The molecule has 0 atom stereocenters. The van der Waals surface area contributed by atoms with Crippen molar-refractivity contribution in [3.05, 3.63) is 71.7 Å². The summed E-state index contributed by atoms with van der Waals surface area (Å²) in [5.74, 6) is 1.10. The lowest BCUT2D eigenvalue weighted by molar-refractivity contribution is 0.0950. The number of rotatable bonds is 8. The molecule has 2 amide bonds. The minimum Gasteiger partial charge on any atom is -0.493 e. The Morgan fingerprint density at radius 2 is 1.57 bits per heavy atom. The third kappa shape index (κ3) is 4.72. The van der Waals surface area contributed by atoms with Gasteiger partial charge in [-0.05, 0) is 54.1 Å². The summed E-state index contributed by atoms with van der Waals surface area (Å²) in [5.41, 5.74) is 1.80. The van der Waals surface area contributed by atoms with E-state index >= 15 is 0 Å². The van der Waals surface area contributed by atoms with Crippen LogP contribution in [0.5, 0.6) is 17.2 Å². The van der Waals surface area contributed by atoms with Gasteiger partial charge >= 0.3 is 0 Å². The van der Waals surface area contributed by atoms with Gasteiger partial charge in [-0.25, -0.2) is 0 Å². The number of furan rings is 1. The second kappa shape index (κ2) is 9.51. The van der Waals surface area contributed by atoms with E-state index in [0.717, 1.165) is 5.56 Å². The smallest absolute Gasteiger partial charge is 0.291 e. The molecular formula is C22H22N2O6. The van der Waals surface area contributed by atoms with Crippen LogP contribution in [0.4, 0.5) is 5.69 Å². The van der Waals surface area contributed by atoms with Gasteiger partial charge in [0.05, 0.1) is 27.6 Å². The van der Waals surface area contributed by atoms with Crippen molar-refractivity contribution < 1.29 is 28.2 Å². The molecule has 0 fully saturated rings. The lowest BCUT2D eigenvalue weighted by atomic mass is 10.1. The summed E-state index contributed by atoms with van der Waals surface area (Å²) < 4.78 is 21.0. The van der Waals surface area contributed by atoms with Crippen molar-refractivity contribution in [3.8, 4) is 17.2 Å². The molecule has 8 heteroatoms. The summed E-state index contributed by atoms with van der Waals surface area (Å²) in [6, 6.07) is 13.3. The maximum absolute atomic E-state index is 12.5. The molecule has 0 aliphatic rings. The molecule has 1 heterocycles. The lowest BCUT2D eigenvalue weighted by Crippen LogP contribution is -2.22. The van der Waals surface area contributed by atoms with E-state index in [1.807, 2.05) is 0 Å². The Balaban J connectivity index is 1.63. The molecule has 0 saturated carbocycles. The quantitative estimate of drug-likeness (QED) is 0.590. The van der Waals surface area contributed by atoms with Gasteiger partial charge in [-0.1, -0.05) is 0 Å². The Morgan fingerprint density at radius 1 is 0.900 bits per heavy atom. The number of hydrogen-bond acceptors (Lipinski definition) is 6. The van der Waals surface area contributed by atoms with Crippen LogP contribution in [0.1, 0.15) is 26.5 Å². The first-order valence-corrected chi connectivity index (χ1v) is 9.07. The Bertz CT molecular complexity index is 988. The Morgan fingerprint density at radius 3 is 2.10 bits per heavy atom. The zero-order valence-electron chi connectivity index (χ0n) is 16.9. The summed E-state index contributed by atoms with van der Waals surface area (Å²) in [5, 5.41) is 5.55. The molecule has 2 aromatic carbocycles. The second-order valence-corrected chi connectivity index (χ2v) is 6.23. The largest absolute Gasteiger partial charge is 0.493 e. The van der Waals surface area contributed by atoms with Crippen LogP contribution < -0.4 is 24.8 Å². The number of carbonyl (C=O) groups is 2. The first kappa shape index (κ1) is 20.8. The normalized spacial score (nSPS) is 10.2. The number of carbonyl (C=O) groups excluding carboxylic acids is 2. The fourth-order valence-corrected chi connectivity index (χ4v) is 2.83. The Labute approximate surface area is 173 Å². The molecule has 3 rings (SSSR count). The minimum absolute atomic E-state index is 0.210. The predicted octanol–water partition coefficient (Wildman–Crippen LogP) is 3.49. The minimum atomic E-state index is -0.361. The highest BCUT2D eigenvalue weighted by atomic mass is 16.5. The zero-order chi connectivity index (χ0) is 21.5. The van der Waals surface area contributed by atoms with Gasteiger partial charge in [0, 0.05) is 17.8 Å². The fourth-order valence-electron chi connectivity index (χ4n) is 2.83. The van der Waals surface area contributed by atoms with Gasteiger partial charge in [0.15, 0.2) is 17.3 Å². The predicted molar refractivity (Wildman–Crippen MR) is 110 cm³/mol. The van der Waals surface area contributed by atoms with Gasteiger partial charge in [-0.2, -0.15) is 0 Å². The molecule has 2 N–H and O–H groups in total. The molecule has 8 nitrogen and oxygen atoms in total. The lowest BCUT2D eigenvalue weighted by Gasteiger charge is -2.14. The SMILES string of the molecule is COc1cc(CNC(=O)c2ccc(NC(=O)c3ccco3)cc2)cc(OC)c1OC. The van der Waals surface area contributed by atoms with Gasteiger partial charge in [-0.3, -0.25) is 9.59 Å². The van der Waals surface area contributed by atoms with E-state index in [1.54, 1.807) is 48.5 Å². The van der Waals surface area contributed by atoms with Gasteiger partial charge in [0.1, 0.15) is 0 Å². The molecule has 156 valence electrons. The van der Waals surface area contributed by atoms with E-state index in [-0.39, 0.29) is 24.1 Å². The highest BCUT2D eigenvalue weighted by molar-refractivity contribution is 6.02. The third-order valence-electron chi connectivity index (χ3n) is 4.33. The van der Waals surface area contributed by atoms with Crippen LogP contribution in [-0.2, 0) is 6.54 Å². The standard InChI is InChI=1S/C22H22N2O6/c1-27-18-11-14(12-19(28-2)20(18)29-3)13-23-21(25)15-6-8-16(9-7-15)24-22(26)17-5-4-10-30-17/h4-12H,13H2,1-3H3,(H,23,25)(H,24,26). The summed E-state index contributed by atoms with van der Waals surface area (Å²) in [4.78, 5) is 24.5. The molecule has 0 bridgehead atoms. The van der Waals surface area contributed by atoms with Gasteiger partial charge in [0.2, 0.25) is 5.75 Å². The number of methoxy groups -OCH3 is 3. The topological polar surface area (TPSA) is 99.0 Å². The van der Waals surface area contributed by atoms with Crippen molar-refractivity contribution >= 4 is 17.5 Å². The van der Waals surface area contributed by atoms with Crippen LogP contribution in [0.3, 0.4) is 0 Å². The second-order valence-electron chi connectivity index (χ2n) is 6.23. The maximum Gasteiger partial charge on any atom is 0.291 e. The van der Waals surface area contributed by atoms with Crippen molar-refractivity contribution in [2.75, 3.05) is 26.6 Å². The first-order chi connectivity index (χ1) is 14.5. The Kier molecular flexibility index (Phi) is 6.59. The van der Waals surface area contributed by atoms with Crippen molar-refractivity contribution in [1.29, 1.82) is 0 Å². The Hall–Kier alpha value is -3.94. The summed E-state index contributed by atoms with van der Waals surface area (Å²) in [7, 11) is 4.60. The molecule has 0 aliphatic carbocycles. The average molecular weight is 410 g/mol. The van der Waals surface area contributed by atoms with E-state index < -0.39 is 0 Å². The zero-order valence-corrected chi connectivity index (χ0v) is 16.9. The molecule has 3 aromatic rings. The highest BCUT2D eigenvalue weighted by Crippen LogP contribution is 2.38. The maximum atomic E-state index is 12.5. The van der Waals surface area contributed by atoms with Gasteiger partial charge < -0.3 is 29.3 Å². The monoisotopic (exact) mass is 410 g/mol. The van der Waals surface area contributed by atoms with Gasteiger partial charge in [0.25, 0.3) is 11.8 Å². The van der Waals surface area contributed by atoms with Crippen molar-refractivity contribution in [2.24, 2.45) is 0 Å². The average Bonchev–Trinajstić information content (AvgIpc) is 3.32. The number of benzene rings is 2. The molecule has 30 heavy (non-hydrogen) atoms. The van der Waals surface area contributed by atoms with E-state index in [9.17, 15) is 9.59 Å². The number of nitrogens with one attached hydrogen (secondary N) is 2. The molecule has 0 spiro atoms. The molecular weight excluding hydrogens is 388 g/mol. The van der Waals surface area contributed by atoms with Crippen LogP contribution in [0.25, 0.3) is 0 Å². The highest BCUT2D eigenvalue weighted by Gasteiger charge is 2.14. The van der Waals surface area contributed by atoms with Crippen molar-refractivity contribution in [1.82, 2.24) is 5.32 Å². The van der Waals surface area contributed by atoms with Crippen LogP contribution >= 0.6 is 0 Å². The number of hydrogen-bond donors (Lipinski definition) is 2. The van der Waals surface area contributed by atoms with Crippen LogP contribution in [0.2, 0.25) is 0 Å². The van der Waals surface area contributed by atoms with E-state index in [4.69, 9.17) is 18.6 Å². The van der Waals surface area contributed by atoms with E-state index in [1.165, 1.54) is 27.6 Å². The summed E-state index contributed by atoms with van der Waals surface area (Å²) in [6.45, 7) is 0.270. The van der Waals surface area contributed by atoms with E-state index in [0.29, 0.717) is 28.5 Å². The third-order valence-corrected chi connectivity index (χ3v) is 4.33. The fraction of sp³-hybridized carbons (Fsp3) is 0.182. The van der Waals surface area contributed by atoms with Crippen molar-refractivity contribution in [2.45, 2.75) is 6.54 Å².